The predicted octanol–water partition coefficient (Wildman–Crippen LogP) is 2.49. The minimum Gasteiger partial charge on any atom is -0.376 e. The number of hydrogen-bond donors (Lipinski definition) is 1. The van der Waals surface area contributed by atoms with Gasteiger partial charge >= 0.3 is 0 Å². The van der Waals surface area contributed by atoms with E-state index in [1.807, 2.05) is 13.0 Å². The molecule has 1 N–H and O–H groups in total. The molecular formula is C20H24N2O4S. The van der Waals surface area contributed by atoms with Crippen molar-refractivity contribution in [3.63, 3.8) is 0 Å². The van der Waals surface area contributed by atoms with E-state index in [1.54, 1.807) is 36.4 Å². The molecule has 1 aliphatic heterocycles. The van der Waals surface area contributed by atoms with Gasteiger partial charge in [0.15, 0.2) is 0 Å². The van der Waals surface area contributed by atoms with Crippen molar-refractivity contribution in [1.82, 2.24) is 5.32 Å². The number of benzene rings is 2. The van der Waals surface area contributed by atoms with Crippen LogP contribution in [0.3, 0.4) is 0 Å². The average molecular weight is 388 g/mol. The number of anilines is 1. The van der Waals surface area contributed by atoms with Crippen LogP contribution in [-0.2, 0) is 19.6 Å². The highest BCUT2D eigenvalue weighted by Gasteiger charge is 2.27. The second-order valence-corrected chi connectivity index (χ2v) is 8.47. The van der Waals surface area contributed by atoms with E-state index in [0.717, 1.165) is 22.7 Å². The van der Waals surface area contributed by atoms with Crippen LogP contribution in [0.15, 0.2) is 59.5 Å². The largest absolute Gasteiger partial charge is 0.376 e. The molecule has 1 heterocycles. The van der Waals surface area contributed by atoms with E-state index in [9.17, 15) is 13.2 Å². The Morgan fingerprint density at radius 2 is 1.96 bits per heavy atom. The molecule has 0 bridgehead atoms. The Labute approximate surface area is 160 Å². The van der Waals surface area contributed by atoms with Gasteiger partial charge in [-0.2, -0.15) is 0 Å². The molecule has 27 heavy (non-hydrogen) atoms. The van der Waals surface area contributed by atoms with Gasteiger partial charge in [0.2, 0.25) is 5.91 Å². The molecule has 1 aliphatic rings. The predicted molar refractivity (Wildman–Crippen MR) is 104 cm³/mol. The molecule has 1 amide bonds. The maximum Gasteiger partial charge on any atom is 0.264 e. The fraction of sp³-hybridized carbons (Fsp3) is 0.350. The van der Waals surface area contributed by atoms with Crippen molar-refractivity contribution < 1.29 is 17.9 Å². The molecular weight excluding hydrogens is 364 g/mol. The zero-order chi connectivity index (χ0) is 19.3. The van der Waals surface area contributed by atoms with Gasteiger partial charge < -0.3 is 10.1 Å². The molecule has 7 heteroatoms. The summed E-state index contributed by atoms with van der Waals surface area (Å²) in [7, 11) is -3.86. The highest BCUT2D eigenvalue weighted by atomic mass is 32.2. The Bertz CT molecular complexity index is 878. The Balaban J connectivity index is 1.83. The highest BCUT2D eigenvalue weighted by Crippen LogP contribution is 2.24. The lowest BCUT2D eigenvalue weighted by Crippen LogP contribution is -2.42. The number of hydrogen-bond acceptors (Lipinski definition) is 4. The van der Waals surface area contributed by atoms with Crippen LogP contribution in [0.2, 0.25) is 0 Å². The van der Waals surface area contributed by atoms with Crippen molar-refractivity contribution >= 4 is 21.6 Å². The third kappa shape index (κ3) is 4.87. The Morgan fingerprint density at radius 3 is 2.63 bits per heavy atom. The summed E-state index contributed by atoms with van der Waals surface area (Å²) in [6.07, 6.45) is 1.90. The second kappa shape index (κ2) is 8.54. The molecule has 2 aromatic rings. The molecule has 0 aliphatic carbocycles. The molecule has 1 atom stereocenters. The van der Waals surface area contributed by atoms with Gasteiger partial charge in [-0.25, -0.2) is 8.42 Å². The van der Waals surface area contributed by atoms with E-state index in [0.29, 0.717) is 18.8 Å². The lowest BCUT2D eigenvalue weighted by molar-refractivity contribution is -0.120. The molecule has 3 rings (SSSR count). The number of aryl methyl sites for hydroxylation is 1. The SMILES string of the molecule is Cc1cccc(N(CC(=O)NC[C@H]2CCCO2)S(=O)(=O)c2ccccc2)c1. The first-order valence-corrected chi connectivity index (χ1v) is 10.4. The summed E-state index contributed by atoms with van der Waals surface area (Å²) in [5.74, 6) is -0.355. The van der Waals surface area contributed by atoms with Crippen molar-refractivity contribution in [2.45, 2.75) is 30.8 Å². The van der Waals surface area contributed by atoms with E-state index in [2.05, 4.69) is 5.32 Å². The van der Waals surface area contributed by atoms with Gasteiger partial charge in [-0.1, -0.05) is 30.3 Å². The summed E-state index contributed by atoms with van der Waals surface area (Å²) in [6.45, 7) is 2.70. The number of rotatable bonds is 7. The van der Waals surface area contributed by atoms with E-state index in [4.69, 9.17) is 4.74 Å². The highest BCUT2D eigenvalue weighted by molar-refractivity contribution is 7.92. The van der Waals surface area contributed by atoms with Crippen LogP contribution in [0, 0.1) is 6.92 Å². The van der Waals surface area contributed by atoms with Gasteiger partial charge in [0.25, 0.3) is 10.0 Å². The third-order valence-corrected chi connectivity index (χ3v) is 6.25. The van der Waals surface area contributed by atoms with Crippen LogP contribution in [0.25, 0.3) is 0 Å². The first kappa shape index (κ1) is 19.4. The quantitative estimate of drug-likeness (QED) is 0.791. The number of carbonyl (C=O) groups excluding carboxylic acids is 1. The summed E-state index contributed by atoms with van der Waals surface area (Å²) in [5, 5.41) is 2.79. The van der Waals surface area contributed by atoms with E-state index in [1.165, 1.54) is 12.1 Å². The first-order chi connectivity index (χ1) is 13.0. The Hall–Kier alpha value is -2.38. The van der Waals surface area contributed by atoms with Crippen LogP contribution >= 0.6 is 0 Å². The van der Waals surface area contributed by atoms with Gasteiger partial charge in [0, 0.05) is 13.2 Å². The summed E-state index contributed by atoms with van der Waals surface area (Å²) < 4.78 is 33.0. The topological polar surface area (TPSA) is 75.7 Å². The lowest BCUT2D eigenvalue weighted by atomic mass is 10.2. The smallest absolute Gasteiger partial charge is 0.264 e. The molecule has 1 fully saturated rings. The Kier molecular flexibility index (Phi) is 6.13. The minimum absolute atomic E-state index is 0.00657. The average Bonchev–Trinajstić information content (AvgIpc) is 3.18. The molecule has 1 saturated heterocycles. The number of sulfonamides is 1. The van der Waals surface area contributed by atoms with Crippen LogP contribution in [0.4, 0.5) is 5.69 Å². The zero-order valence-corrected chi connectivity index (χ0v) is 16.1. The summed E-state index contributed by atoms with van der Waals surface area (Å²) in [5.41, 5.74) is 1.38. The minimum atomic E-state index is -3.86. The first-order valence-electron chi connectivity index (χ1n) is 8.99. The molecule has 0 radical (unpaired) electrons. The van der Waals surface area contributed by atoms with Gasteiger partial charge in [0.05, 0.1) is 16.7 Å². The zero-order valence-electron chi connectivity index (χ0n) is 15.3. The van der Waals surface area contributed by atoms with E-state index in [-0.39, 0.29) is 23.5 Å². The second-order valence-electron chi connectivity index (χ2n) is 6.60. The fourth-order valence-corrected chi connectivity index (χ4v) is 4.47. The summed E-state index contributed by atoms with van der Waals surface area (Å²) in [6, 6.07) is 15.3. The van der Waals surface area contributed by atoms with Crippen molar-refractivity contribution in [2.75, 3.05) is 24.0 Å². The number of carbonyl (C=O) groups is 1. The van der Waals surface area contributed by atoms with Crippen molar-refractivity contribution in [1.29, 1.82) is 0 Å². The molecule has 0 unspecified atom stereocenters. The monoisotopic (exact) mass is 388 g/mol. The van der Waals surface area contributed by atoms with Crippen molar-refractivity contribution in [2.24, 2.45) is 0 Å². The normalized spacial score (nSPS) is 16.9. The number of amides is 1. The van der Waals surface area contributed by atoms with Crippen molar-refractivity contribution in [3.05, 3.63) is 60.2 Å². The molecule has 0 saturated carbocycles. The number of nitrogens with zero attached hydrogens (tertiary/aromatic N) is 1. The Morgan fingerprint density at radius 1 is 1.19 bits per heavy atom. The van der Waals surface area contributed by atoms with E-state index >= 15 is 0 Å². The van der Waals surface area contributed by atoms with E-state index < -0.39 is 10.0 Å². The van der Waals surface area contributed by atoms with Crippen LogP contribution in [-0.4, -0.2) is 40.1 Å². The third-order valence-electron chi connectivity index (χ3n) is 4.46. The standard InChI is InChI=1S/C20H24N2O4S/c1-16-7-5-8-17(13-16)22(27(24,25)19-10-3-2-4-11-19)15-20(23)21-14-18-9-6-12-26-18/h2-5,7-8,10-11,13,18H,6,9,12,14-15H2,1H3,(H,21,23)/t18-/m1/s1. The summed E-state index contributed by atoms with van der Waals surface area (Å²) >= 11 is 0. The molecule has 0 spiro atoms. The lowest BCUT2D eigenvalue weighted by Gasteiger charge is -2.24. The van der Waals surface area contributed by atoms with Crippen LogP contribution in [0.1, 0.15) is 18.4 Å². The molecule has 144 valence electrons. The number of nitrogens with one attached hydrogen (secondary N) is 1. The van der Waals surface area contributed by atoms with Crippen LogP contribution in [0.5, 0.6) is 0 Å². The van der Waals surface area contributed by atoms with Crippen molar-refractivity contribution in [3.8, 4) is 0 Å². The summed E-state index contributed by atoms with van der Waals surface area (Å²) in [4.78, 5) is 12.6. The molecule has 6 nitrogen and oxygen atoms in total. The fourth-order valence-electron chi connectivity index (χ4n) is 3.04. The van der Waals surface area contributed by atoms with Gasteiger partial charge in [-0.15, -0.1) is 0 Å². The van der Waals surface area contributed by atoms with Gasteiger partial charge in [-0.3, -0.25) is 9.10 Å². The number of ether oxygens (including phenoxy) is 1. The van der Waals surface area contributed by atoms with Gasteiger partial charge in [0.1, 0.15) is 6.54 Å². The maximum absolute atomic E-state index is 13.2. The molecule has 0 aromatic heterocycles. The molecule has 2 aromatic carbocycles. The van der Waals surface area contributed by atoms with Crippen LogP contribution < -0.4 is 9.62 Å². The van der Waals surface area contributed by atoms with Gasteiger partial charge in [-0.05, 0) is 49.6 Å². The maximum atomic E-state index is 13.2.